The van der Waals surface area contributed by atoms with E-state index in [-0.39, 0.29) is 6.61 Å². The third-order valence-corrected chi connectivity index (χ3v) is 3.63. The third-order valence-electron chi connectivity index (χ3n) is 2.10. The van der Waals surface area contributed by atoms with Crippen molar-refractivity contribution in [1.29, 1.82) is 0 Å². The fraction of sp³-hybridized carbons (Fsp3) is 0.333. The minimum Gasteiger partial charge on any atom is -0.444 e. The zero-order valence-electron chi connectivity index (χ0n) is 7.91. The lowest BCUT2D eigenvalue weighted by Crippen LogP contribution is -2.29. The zero-order valence-corrected chi connectivity index (χ0v) is 9.54. The number of carbonyl (C=O) groups is 1. The predicted molar refractivity (Wildman–Crippen MR) is 62.1 cm³/mol. The van der Waals surface area contributed by atoms with Gasteiger partial charge < -0.3 is 15.8 Å². The molecule has 0 saturated carbocycles. The first-order chi connectivity index (χ1) is 7.16. The van der Waals surface area contributed by atoms with Crippen molar-refractivity contribution in [3.05, 3.63) is 21.4 Å². The molecule has 15 heavy (non-hydrogen) atoms. The van der Waals surface area contributed by atoms with Crippen molar-refractivity contribution in [2.45, 2.75) is 13.0 Å². The Morgan fingerprint density at radius 1 is 1.73 bits per heavy atom. The van der Waals surface area contributed by atoms with Crippen LogP contribution in [0.2, 0.25) is 0 Å². The van der Waals surface area contributed by atoms with Gasteiger partial charge in [0.2, 0.25) is 0 Å². The number of thiophene rings is 1. The van der Waals surface area contributed by atoms with E-state index in [1.807, 2.05) is 6.07 Å². The van der Waals surface area contributed by atoms with Crippen LogP contribution in [0, 0.1) is 0 Å². The van der Waals surface area contributed by atoms with Crippen molar-refractivity contribution >= 4 is 34.6 Å². The molecule has 1 amide bonds. The van der Waals surface area contributed by atoms with E-state index in [1.54, 1.807) is 11.3 Å². The fourth-order valence-corrected chi connectivity index (χ4v) is 2.90. The van der Waals surface area contributed by atoms with Crippen LogP contribution in [0.4, 0.5) is 4.79 Å². The Labute approximate surface area is 96.4 Å². The number of thiocarbonyl (C=S) groups is 1. The maximum absolute atomic E-state index is 10.4. The van der Waals surface area contributed by atoms with Crippen LogP contribution in [0.5, 0.6) is 0 Å². The molecule has 0 spiro atoms. The molecule has 4 nitrogen and oxygen atoms in total. The molecule has 1 aliphatic rings. The van der Waals surface area contributed by atoms with Crippen molar-refractivity contribution in [3.63, 3.8) is 0 Å². The molecule has 0 aliphatic carbocycles. The zero-order chi connectivity index (χ0) is 10.8. The highest BCUT2D eigenvalue weighted by atomic mass is 32.1. The predicted octanol–water partition coefficient (Wildman–Crippen LogP) is 1.16. The molecule has 80 valence electrons. The minimum absolute atomic E-state index is 0.232. The summed E-state index contributed by atoms with van der Waals surface area (Å²) in [6.45, 7) is 1.11. The topological polar surface area (TPSA) is 64.4 Å². The molecule has 1 aromatic rings. The number of fused-ring (bicyclic) bond motifs is 1. The third kappa shape index (κ3) is 2.27. The van der Waals surface area contributed by atoms with Gasteiger partial charge in [-0.15, -0.1) is 11.3 Å². The Balaban J connectivity index is 2.14. The maximum Gasteiger partial charge on any atom is 0.404 e. The lowest BCUT2D eigenvalue weighted by Gasteiger charge is -2.13. The van der Waals surface area contributed by atoms with E-state index in [0.29, 0.717) is 0 Å². The van der Waals surface area contributed by atoms with Crippen LogP contribution in [0.3, 0.4) is 0 Å². The summed E-state index contributed by atoms with van der Waals surface area (Å²) in [6, 6.07) is 1.96. The first-order valence-electron chi connectivity index (χ1n) is 4.49. The van der Waals surface area contributed by atoms with Crippen molar-refractivity contribution < 1.29 is 9.53 Å². The van der Waals surface area contributed by atoms with Crippen LogP contribution >= 0.6 is 23.6 Å². The van der Waals surface area contributed by atoms with E-state index < -0.39 is 6.09 Å². The maximum atomic E-state index is 10.4. The molecule has 1 aliphatic heterocycles. The van der Waals surface area contributed by atoms with E-state index in [4.69, 9.17) is 22.7 Å². The number of nitrogens with one attached hydrogen (secondary N) is 1. The van der Waals surface area contributed by atoms with Gasteiger partial charge in [0.1, 0.15) is 11.6 Å². The molecule has 0 fully saturated rings. The number of carbonyl (C=O) groups excluding carboxylic acids is 1. The van der Waals surface area contributed by atoms with Gasteiger partial charge >= 0.3 is 6.09 Å². The Bertz CT molecular complexity index is 414. The smallest absolute Gasteiger partial charge is 0.404 e. The molecule has 2 rings (SSSR count). The molecular weight excluding hydrogens is 232 g/mol. The van der Waals surface area contributed by atoms with E-state index in [2.05, 4.69) is 5.32 Å². The number of primary amides is 1. The molecule has 0 unspecified atom stereocenters. The summed E-state index contributed by atoms with van der Waals surface area (Å²) in [7, 11) is 0. The van der Waals surface area contributed by atoms with Gasteiger partial charge in [0.05, 0.1) is 0 Å². The van der Waals surface area contributed by atoms with Gasteiger partial charge in [0, 0.05) is 21.9 Å². The van der Waals surface area contributed by atoms with Crippen LogP contribution < -0.4 is 11.1 Å². The molecule has 0 radical (unpaired) electrons. The van der Waals surface area contributed by atoms with Gasteiger partial charge in [-0.3, -0.25) is 0 Å². The summed E-state index contributed by atoms with van der Waals surface area (Å²) in [5.74, 6) is 0. The molecular formula is C9H10N2O2S2. The lowest BCUT2D eigenvalue weighted by molar-refractivity contribution is 0.151. The fourth-order valence-electron chi connectivity index (χ4n) is 1.46. The second kappa shape index (κ2) is 4.16. The van der Waals surface area contributed by atoms with Gasteiger partial charge in [-0.05, 0) is 12.5 Å². The van der Waals surface area contributed by atoms with Crippen molar-refractivity contribution in [1.82, 2.24) is 5.32 Å². The average molecular weight is 242 g/mol. The highest BCUT2D eigenvalue weighted by Gasteiger charge is 2.17. The van der Waals surface area contributed by atoms with Gasteiger partial charge in [0.25, 0.3) is 0 Å². The molecule has 0 atom stereocenters. The standard InChI is InChI=1S/C9H10N2O2S2/c10-9(12)13-4-5-3-6-7(15-5)1-2-11-8(6)14/h3H,1-2,4H2,(H2,10,12)(H,11,14). The Morgan fingerprint density at radius 3 is 3.20 bits per heavy atom. The number of nitrogens with two attached hydrogens (primary N) is 1. The molecule has 0 saturated heterocycles. The molecule has 2 heterocycles. The molecule has 0 aromatic carbocycles. The van der Waals surface area contributed by atoms with E-state index in [0.717, 1.165) is 28.4 Å². The lowest BCUT2D eigenvalue weighted by atomic mass is 10.1. The monoisotopic (exact) mass is 242 g/mol. The number of amides is 1. The highest BCUT2D eigenvalue weighted by molar-refractivity contribution is 7.80. The summed E-state index contributed by atoms with van der Waals surface area (Å²) in [6.07, 6.45) is 0.221. The molecule has 3 N–H and O–H groups in total. The molecule has 6 heteroatoms. The van der Waals surface area contributed by atoms with Crippen LogP contribution in [0.1, 0.15) is 15.3 Å². The van der Waals surface area contributed by atoms with Crippen molar-refractivity contribution in [3.8, 4) is 0 Å². The van der Waals surface area contributed by atoms with E-state index in [1.165, 1.54) is 4.88 Å². The van der Waals surface area contributed by atoms with Crippen molar-refractivity contribution in [2.24, 2.45) is 5.73 Å². The Morgan fingerprint density at radius 2 is 2.53 bits per heavy atom. The first kappa shape index (κ1) is 10.4. The number of rotatable bonds is 2. The summed E-state index contributed by atoms with van der Waals surface area (Å²) in [5.41, 5.74) is 5.95. The highest BCUT2D eigenvalue weighted by Crippen LogP contribution is 2.26. The van der Waals surface area contributed by atoms with Gasteiger partial charge in [0.15, 0.2) is 0 Å². The van der Waals surface area contributed by atoms with Crippen LogP contribution in [-0.2, 0) is 17.8 Å². The van der Waals surface area contributed by atoms with Gasteiger partial charge in [-0.1, -0.05) is 12.2 Å². The summed E-state index contributed by atoms with van der Waals surface area (Å²) in [4.78, 5) is 13.5. The second-order valence-electron chi connectivity index (χ2n) is 3.16. The minimum atomic E-state index is -0.748. The Hall–Kier alpha value is -1.14. The molecule has 1 aromatic heterocycles. The van der Waals surface area contributed by atoms with E-state index in [9.17, 15) is 4.79 Å². The first-order valence-corrected chi connectivity index (χ1v) is 5.71. The quantitative estimate of drug-likeness (QED) is 0.764. The summed E-state index contributed by atoms with van der Waals surface area (Å²) >= 11 is 6.79. The van der Waals surface area contributed by atoms with Gasteiger partial charge in [-0.25, -0.2) is 4.79 Å². The van der Waals surface area contributed by atoms with Crippen LogP contribution in [-0.4, -0.2) is 17.6 Å². The van der Waals surface area contributed by atoms with Crippen molar-refractivity contribution in [2.75, 3.05) is 6.54 Å². The number of ether oxygens (including phenoxy) is 1. The largest absolute Gasteiger partial charge is 0.444 e. The Kier molecular flexibility index (Phi) is 2.88. The van der Waals surface area contributed by atoms with Gasteiger partial charge in [-0.2, -0.15) is 0 Å². The van der Waals surface area contributed by atoms with Crippen LogP contribution in [0.15, 0.2) is 6.07 Å². The number of hydrogen-bond donors (Lipinski definition) is 2. The second-order valence-corrected chi connectivity index (χ2v) is 4.79. The summed E-state index contributed by atoms with van der Waals surface area (Å²) < 4.78 is 4.73. The van der Waals surface area contributed by atoms with E-state index >= 15 is 0 Å². The number of hydrogen-bond acceptors (Lipinski definition) is 4. The van der Waals surface area contributed by atoms with Crippen LogP contribution in [0.25, 0.3) is 0 Å². The SMILES string of the molecule is NC(=O)OCc1cc2c(s1)CCNC2=S. The normalized spacial score (nSPS) is 14.3. The average Bonchev–Trinajstić information content (AvgIpc) is 2.59. The molecule has 0 bridgehead atoms. The summed E-state index contributed by atoms with van der Waals surface area (Å²) in [5, 5.41) is 3.12.